The lowest BCUT2D eigenvalue weighted by Gasteiger charge is -2.31. The van der Waals surface area contributed by atoms with E-state index in [1.54, 1.807) is 0 Å². The van der Waals surface area contributed by atoms with E-state index < -0.39 is 5.97 Å². The highest BCUT2D eigenvalue weighted by atomic mass is 16.4. The molecule has 0 radical (unpaired) electrons. The molecule has 132 valence electrons. The summed E-state index contributed by atoms with van der Waals surface area (Å²) in [5, 5.41) is 16.2. The van der Waals surface area contributed by atoms with Crippen molar-refractivity contribution >= 4 is 17.8 Å². The number of nitrogens with one attached hydrogen (secondary N) is 2. The minimum atomic E-state index is -0.714. The summed E-state index contributed by atoms with van der Waals surface area (Å²) in [6, 6.07) is 7.50. The van der Waals surface area contributed by atoms with Gasteiger partial charge in [0.15, 0.2) is 0 Å². The molecule has 1 saturated heterocycles. The van der Waals surface area contributed by atoms with Crippen molar-refractivity contribution in [2.24, 2.45) is 11.7 Å². The molecule has 0 bridgehead atoms. The second-order valence-electron chi connectivity index (χ2n) is 6.47. The maximum Gasteiger partial charge on any atom is 0.303 e. The number of nitrogen functional groups attached to an aromatic ring is 1. The largest absolute Gasteiger partial charge is 0.481 e. The van der Waals surface area contributed by atoms with Crippen LogP contribution in [0.3, 0.4) is 0 Å². The number of H-pyrrole nitrogens is 1. The molecule has 0 spiro atoms. The average molecular weight is 341 g/mol. The number of rotatable bonds is 6. The molecule has 1 aromatic heterocycles. The zero-order valence-electron chi connectivity index (χ0n) is 14.0. The highest BCUT2D eigenvalue weighted by molar-refractivity contribution is 5.95. The van der Waals surface area contributed by atoms with E-state index in [0.717, 1.165) is 49.6 Å². The monoisotopic (exact) mass is 341 g/mol. The molecule has 1 aliphatic heterocycles. The molecule has 0 atom stereocenters. The summed E-state index contributed by atoms with van der Waals surface area (Å²) in [5.41, 5.74) is 8.11. The first-order valence-corrected chi connectivity index (χ1v) is 8.49. The Hall–Kier alpha value is -2.83. The van der Waals surface area contributed by atoms with Gasteiger partial charge in [-0.15, -0.1) is 0 Å². The number of carbonyl (C=O) groups is 1. The summed E-state index contributed by atoms with van der Waals surface area (Å²) in [4.78, 5) is 20.7. The van der Waals surface area contributed by atoms with Crippen molar-refractivity contribution in [1.82, 2.24) is 9.97 Å². The van der Waals surface area contributed by atoms with Crippen molar-refractivity contribution in [3.8, 4) is 11.3 Å². The van der Waals surface area contributed by atoms with Crippen LogP contribution in [0.5, 0.6) is 0 Å². The predicted octanol–water partition coefficient (Wildman–Crippen LogP) is 2.44. The van der Waals surface area contributed by atoms with Gasteiger partial charge in [0.1, 0.15) is 5.84 Å². The number of imidazole rings is 1. The number of carboxylic acids is 1. The Labute approximate surface area is 146 Å². The Morgan fingerprint density at radius 2 is 2.00 bits per heavy atom. The molecular weight excluding hydrogens is 318 g/mol. The SMILES string of the molecule is N=C(N)c1ccc(-c2cnc(N3CCC(CCC(=O)O)CC3)[nH]2)cc1. The second kappa shape index (κ2) is 7.38. The van der Waals surface area contributed by atoms with E-state index in [1.807, 2.05) is 30.5 Å². The number of nitrogens with two attached hydrogens (primary N) is 1. The fourth-order valence-corrected chi connectivity index (χ4v) is 3.21. The topological polar surface area (TPSA) is 119 Å². The lowest BCUT2D eigenvalue weighted by molar-refractivity contribution is -0.137. The van der Waals surface area contributed by atoms with Gasteiger partial charge in [-0.3, -0.25) is 10.2 Å². The lowest BCUT2D eigenvalue weighted by Crippen LogP contribution is -2.34. The van der Waals surface area contributed by atoms with E-state index in [4.69, 9.17) is 16.2 Å². The molecule has 0 aliphatic carbocycles. The van der Waals surface area contributed by atoms with Crippen LogP contribution in [0.1, 0.15) is 31.2 Å². The molecule has 3 rings (SSSR count). The van der Waals surface area contributed by atoms with Crippen LogP contribution in [-0.4, -0.2) is 40.0 Å². The van der Waals surface area contributed by atoms with Crippen LogP contribution in [0.2, 0.25) is 0 Å². The Kier molecular flexibility index (Phi) is 5.02. The Balaban J connectivity index is 1.60. The van der Waals surface area contributed by atoms with E-state index in [2.05, 4.69) is 14.9 Å². The van der Waals surface area contributed by atoms with Gasteiger partial charge in [-0.25, -0.2) is 4.98 Å². The Morgan fingerprint density at radius 1 is 1.32 bits per heavy atom. The standard InChI is InChI=1S/C18H23N5O2/c19-17(20)14-4-2-13(3-5-14)15-11-21-18(22-15)23-9-7-12(8-10-23)1-6-16(24)25/h2-5,11-12H,1,6-10H2,(H3,19,20)(H,21,22)(H,24,25). The van der Waals surface area contributed by atoms with Gasteiger partial charge in [-0.1, -0.05) is 24.3 Å². The van der Waals surface area contributed by atoms with Crippen LogP contribution in [0.25, 0.3) is 11.3 Å². The van der Waals surface area contributed by atoms with Gasteiger partial charge in [0, 0.05) is 25.1 Å². The number of piperidine rings is 1. The van der Waals surface area contributed by atoms with Crippen molar-refractivity contribution in [2.75, 3.05) is 18.0 Å². The van der Waals surface area contributed by atoms with Gasteiger partial charge < -0.3 is 20.7 Å². The molecule has 0 unspecified atom stereocenters. The molecule has 0 saturated carbocycles. The number of hydrogen-bond acceptors (Lipinski definition) is 4. The molecular formula is C18H23N5O2. The van der Waals surface area contributed by atoms with Gasteiger partial charge in [0.05, 0.1) is 11.9 Å². The van der Waals surface area contributed by atoms with Crippen molar-refractivity contribution in [3.05, 3.63) is 36.0 Å². The fraction of sp³-hybridized carbons (Fsp3) is 0.389. The molecule has 25 heavy (non-hydrogen) atoms. The average Bonchev–Trinajstić information content (AvgIpc) is 3.10. The molecule has 2 aromatic rings. The van der Waals surface area contributed by atoms with Crippen LogP contribution in [0, 0.1) is 11.3 Å². The number of aromatic nitrogens is 2. The maximum absolute atomic E-state index is 10.7. The number of aliphatic carboxylic acids is 1. The van der Waals surface area contributed by atoms with Crippen molar-refractivity contribution in [2.45, 2.75) is 25.7 Å². The van der Waals surface area contributed by atoms with Crippen molar-refractivity contribution in [3.63, 3.8) is 0 Å². The predicted molar refractivity (Wildman–Crippen MR) is 96.8 cm³/mol. The van der Waals surface area contributed by atoms with E-state index in [9.17, 15) is 4.79 Å². The summed E-state index contributed by atoms with van der Waals surface area (Å²) in [6.07, 6.45) is 4.82. The Bertz CT molecular complexity index is 745. The first-order chi connectivity index (χ1) is 12.0. The summed E-state index contributed by atoms with van der Waals surface area (Å²) in [6.45, 7) is 1.78. The Morgan fingerprint density at radius 3 is 2.60 bits per heavy atom. The van der Waals surface area contributed by atoms with E-state index in [0.29, 0.717) is 11.5 Å². The van der Waals surface area contributed by atoms with Gasteiger partial charge >= 0.3 is 5.97 Å². The maximum atomic E-state index is 10.7. The zero-order valence-corrected chi connectivity index (χ0v) is 14.0. The molecule has 0 amide bonds. The molecule has 2 heterocycles. The summed E-state index contributed by atoms with van der Waals surface area (Å²) in [5.74, 6) is 0.680. The molecule has 1 aromatic carbocycles. The fourth-order valence-electron chi connectivity index (χ4n) is 3.21. The van der Waals surface area contributed by atoms with Gasteiger partial charge in [-0.05, 0) is 30.7 Å². The highest BCUT2D eigenvalue weighted by Crippen LogP contribution is 2.26. The van der Waals surface area contributed by atoms with E-state index in [1.165, 1.54) is 0 Å². The highest BCUT2D eigenvalue weighted by Gasteiger charge is 2.21. The summed E-state index contributed by atoms with van der Waals surface area (Å²) >= 11 is 0. The molecule has 7 nitrogen and oxygen atoms in total. The number of amidine groups is 1. The van der Waals surface area contributed by atoms with E-state index >= 15 is 0 Å². The number of carboxylic acid groups (broad SMARTS) is 1. The normalized spacial score (nSPS) is 15.3. The zero-order chi connectivity index (χ0) is 17.8. The van der Waals surface area contributed by atoms with Gasteiger partial charge in [-0.2, -0.15) is 0 Å². The number of benzene rings is 1. The number of hydrogen-bond donors (Lipinski definition) is 4. The van der Waals surface area contributed by atoms with Crippen LogP contribution >= 0.6 is 0 Å². The molecule has 1 fully saturated rings. The first-order valence-electron chi connectivity index (χ1n) is 8.49. The quantitative estimate of drug-likeness (QED) is 0.475. The van der Waals surface area contributed by atoms with E-state index in [-0.39, 0.29) is 12.3 Å². The minimum absolute atomic E-state index is 0.0580. The van der Waals surface area contributed by atoms with Crippen molar-refractivity contribution in [1.29, 1.82) is 5.41 Å². The molecule has 5 N–H and O–H groups in total. The van der Waals surface area contributed by atoms with Gasteiger partial charge in [0.25, 0.3) is 0 Å². The molecule has 7 heteroatoms. The minimum Gasteiger partial charge on any atom is -0.481 e. The third kappa shape index (κ3) is 4.17. The first kappa shape index (κ1) is 17.0. The molecule has 1 aliphatic rings. The third-order valence-electron chi connectivity index (χ3n) is 4.75. The van der Waals surface area contributed by atoms with Crippen LogP contribution in [0.15, 0.2) is 30.5 Å². The number of aromatic amines is 1. The third-order valence-corrected chi connectivity index (χ3v) is 4.75. The smallest absolute Gasteiger partial charge is 0.303 e. The van der Waals surface area contributed by atoms with Crippen LogP contribution < -0.4 is 10.6 Å². The number of anilines is 1. The van der Waals surface area contributed by atoms with Gasteiger partial charge in [0.2, 0.25) is 5.95 Å². The second-order valence-corrected chi connectivity index (χ2v) is 6.47. The summed E-state index contributed by atoms with van der Waals surface area (Å²) in [7, 11) is 0. The van der Waals surface area contributed by atoms with Crippen LogP contribution in [-0.2, 0) is 4.79 Å². The number of nitrogens with zero attached hydrogens (tertiary/aromatic N) is 2. The summed E-state index contributed by atoms with van der Waals surface area (Å²) < 4.78 is 0. The van der Waals surface area contributed by atoms with Crippen molar-refractivity contribution < 1.29 is 9.90 Å². The lowest BCUT2D eigenvalue weighted by atomic mass is 9.92. The van der Waals surface area contributed by atoms with Crippen LogP contribution in [0.4, 0.5) is 5.95 Å².